The lowest BCUT2D eigenvalue weighted by Crippen LogP contribution is -2.36. The lowest BCUT2D eigenvalue weighted by molar-refractivity contribution is 0.139. The van der Waals surface area contributed by atoms with Crippen molar-refractivity contribution in [3.05, 3.63) is 17.0 Å². The smallest absolute Gasteiger partial charge is 0.140 e. The number of halogens is 1. The number of hydrogen-bond donors (Lipinski definition) is 1. The molecule has 6 heteroatoms. The van der Waals surface area contributed by atoms with Crippen LogP contribution < -0.4 is 4.90 Å². The van der Waals surface area contributed by atoms with Crippen molar-refractivity contribution in [1.82, 2.24) is 9.97 Å². The molecule has 0 aliphatic carbocycles. The molecule has 0 unspecified atom stereocenters. The van der Waals surface area contributed by atoms with Crippen LogP contribution in [0, 0.1) is 5.92 Å². The Kier molecular flexibility index (Phi) is 4.74. The quantitative estimate of drug-likeness (QED) is 0.841. The zero-order valence-corrected chi connectivity index (χ0v) is 11.2. The van der Waals surface area contributed by atoms with Crippen LogP contribution in [0.25, 0.3) is 0 Å². The monoisotopic (exact) mass is 271 g/mol. The number of aromatic nitrogens is 2. The maximum Gasteiger partial charge on any atom is 0.140 e. The van der Waals surface area contributed by atoms with Gasteiger partial charge in [0.15, 0.2) is 0 Å². The molecular weight excluding hydrogens is 254 g/mol. The number of ether oxygens (including phenoxy) is 1. The lowest BCUT2D eigenvalue weighted by atomic mass is 9.97. The summed E-state index contributed by atoms with van der Waals surface area (Å²) in [5.74, 6) is 1.37. The van der Waals surface area contributed by atoms with Gasteiger partial charge in [0.1, 0.15) is 17.3 Å². The largest absolute Gasteiger partial charge is 0.391 e. The minimum absolute atomic E-state index is 0.132. The summed E-state index contributed by atoms with van der Waals surface area (Å²) < 4.78 is 5.18. The minimum atomic E-state index is -0.132. The van der Waals surface area contributed by atoms with E-state index in [0.717, 1.165) is 38.4 Å². The van der Waals surface area contributed by atoms with E-state index >= 15 is 0 Å². The maximum absolute atomic E-state index is 9.36. The van der Waals surface area contributed by atoms with E-state index in [4.69, 9.17) is 16.3 Å². The molecular formula is C12H18ClN3O2. The van der Waals surface area contributed by atoms with E-state index in [-0.39, 0.29) is 6.61 Å². The number of anilines is 1. The molecule has 0 saturated carbocycles. The van der Waals surface area contributed by atoms with Crippen molar-refractivity contribution in [2.45, 2.75) is 19.4 Å². The van der Waals surface area contributed by atoms with Gasteiger partial charge in [-0.05, 0) is 18.8 Å². The molecule has 1 aliphatic heterocycles. The van der Waals surface area contributed by atoms with Crippen LogP contribution in [-0.4, -0.2) is 41.9 Å². The van der Waals surface area contributed by atoms with Gasteiger partial charge in [0.2, 0.25) is 0 Å². The normalized spacial score (nSPS) is 17.2. The molecule has 1 aromatic heterocycles. The highest BCUT2D eigenvalue weighted by molar-refractivity contribution is 6.30. The van der Waals surface area contributed by atoms with E-state index in [9.17, 15) is 5.11 Å². The third kappa shape index (κ3) is 2.91. The van der Waals surface area contributed by atoms with Gasteiger partial charge in [-0.3, -0.25) is 0 Å². The summed E-state index contributed by atoms with van der Waals surface area (Å²) in [5.41, 5.74) is 0.615. The Hall–Kier alpha value is -0.910. The van der Waals surface area contributed by atoms with Gasteiger partial charge in [0, 0.05) is 26.8 Å². The second kappa shape index (κ2) is 6.31. The summed E-state index contributed by atoms with van der Waals surface area (Å²) in [6, 6.07) is 0. The topological polar surface area (TPSA) is 58.5 Å². The van der Waals surface area contributed by atoms with Crippen molar-refractivity contribution >= 4 is 17.4 Å². The molecule has 5 nitrogen and oxygen atoms in total. The molecule has 1 aliphatic rings. The zero-order valence-electron chi connectivity index (χ0n) is 10.5. The number of aliphatic hydroxyl groups is 1. The van der Waals surface area contributed by atoms with Gasteiger partial charge in [-0.1, -0.05) is 11.6 Å². The number of methoxy groups -OCH3 is 1. The fraction of sp³-hybridized carbons (Fsp3) is 0.667. The van der Waals surface area contributed by atoms with Crippen LogP contribution >= 0.6 is 11.6 Å². The molecule has 2 rings (SSSR count). The van der Waals surface area contributed by atoms with Gasteiger partial charge in [0.25, 0.3) is 0 Å². The molecule has 1 N–H and O–H groups in total. The summed E-state index contributed by atoms with van der Waals surface area (Å²) in [7, 11) is 1.74. The Morgan fingerprint density at radius 2 is 2.17 bits per heavy atom. The van der Waals surface area contributed by atoms with Gasteiger partial charge in [-0.2, -0.15) is 0 Å². The molecule has 18 heavy (non-hydrogen) atoms. The molecule has 1 fully saturated rings. The second-order valence-corrected chi connectivity index (χ2v) is 4.87. The van der Waals surface area contributed by atoms with E-state index < -0.39 is 0 Å². The molecule has 0 atom stereocenters. The van der Waals surface area contributed by atoms with Crippen molar-refractivity contribution < 1.29 is 9.84 Å². The zero-order chi connectivity index (χ0) is 13.0. The average Bonchev–Trinajstić information content (AvgIpc) is 2.40. The Morgan fingerprint density at radius 1 is 1.44 bits per heavy atom. The fourth-order valence-corrected chi connectivity index (χ4v) is 2.53. The standard InChI is InChI=1S/C12H18ClN3O2/c1-18-7-9-2-4-16(5-3-9)12-10(6-17)11(13)14-8-15-12/h8-9,17H,2-7H2,1H3. The van der Waals surface area contributed by atoms with Crippen LogP contribution in [0.3, 0.4) is 0 Å². The van der Waals surface area contributed by atoms with Crippen LogP contribution in [-0.2, 0) is 11.3 Å². The number of nitrogens with zero attached hydrogens (tertiary/aromatic N) is 3. The highest BCUT2D eigenvalue weighted by atomic mass is 35.5. The first-order valence-corrected chi connectivity index (χ1v) is 6.48. The van der Waals surface area contributed by atoms with E-state index in [1.54, 1.807) is 7.11 Å². The van der Waals surface area contributed by atoms with E-state index in [1.807, 2.05) is 0 Å². The Balaban J connectivity index is 2.07. The predicted molar refractivity (Wildman–Crippen MR) is 69.8 cm³/mol. The maximum atomic E-state index is 9.36. The van der Waals surface area contributed by atoms with Gasteiger partial charge in [-0.25, -0.2) is 9.97 Å². The first kappa shape index (κ1) is 13.5. The molecule has 0 radical (unpaired) electrons. The summed E-state index contributed by atoms with van der Waals surface area (Å²) in [6.07, 6.45) is 3.58. The number of aliphatic hydroxyl groups excluding tert-OH is 1. The Labute approximate surface area is 112 Å². The molecule has 2 heterocycles. The van der Waals surface area contributed by atoms with Gasteiger partial charge < -0.3 is 14.7 Å². The minimum Gasteiger partial charge on any atom is -0.391 e. The first-order valence-electron chi connectivity index (χ1n) is 6.10. The third-order valence-corrected chi connectivity index (χ3v) is 3.67. The van der Waals surface area contributed by atoms with Crippen molar-refractivity contribution in [1.29, 1.82) is 0 Å². The van der Waals surface area contributed by atoms with Crippen molar-refractivity contribution in [3.63, 3.8) is 0 Å². The van der Waals surface area contributed by atoms with Crippen molar-refractivity contribution in [2.75, 3.05) is 31.7 Å². The van der Waals surface area contributed by atoms with Crippen LogP contribution in [0.1, 0.15) is 18.4 Å². The summed E-state index contributed by atoms with van der Waals surface area (Å²) in [4.78, 5) is 10.3. The van der Waals surface area contributed by atoms with Crippen molar-refractivity contribution in [3.8, 4) is 0 Å². The van der Waals surface area contributed by atoms with Gasteiger partial charge >= 0.3 is 0 Å². The molecule has 0 spiro atoms. The van der Waals surface area contributed by atoms with Crippen LogP contribution in [0.2, 0.25) is 5.15 Å². The van der Waals surface area contributed by atoms with Crippen LogP contribution in [0.15, 0.2) is 6.33 Å². The summed E-state index contributed by atoms with van der Waals surface area (Å²) in [6.45, 7) is 2.50. The van der Waals surface area contributed by atoms with Crippen molar-refractivity contribution in [2.24, 2.45) is 5.92 Å². The molecule has 1 aromatic rings. The molecule has 0 amide bonds. The second-order valence-electron chi connectivity index (χ2n) is 4.51. The van der Waals surface area contributed by atoms with Gasteiger partial charge in [0.05, 0.1) is 12.2 Å². The predicted octanol–water partition coefficient (Wildman–Crippen LogP) is 1.49. The van der Waals surface area contributed by atoms with Gasteiger partial charge in [-0.15, -0.1) is 0 Å². The first-order chi connectivity index (χ1) is 8.76. The number of piperidine rings is 1. The molecule has 1 saturated heterocycles. The SMILES string of the molecule is COCC1CCN(c2ncnc(Cl)c2CO)CC1. The third-order valence-electron chi connectivity index (χ3n) is 3.34. The Morgan fingerprint density at radius 3 is 2.78 bits per heavy atom. The van der Waals surface area contributed by atoms with Crippen LogP contribution in [0.4, 0.5) is 5.82 Å². The highest BCUT2D eigenvalue weighted by Crippen LogP contribution is 2.27. The average molecular weight is 272 g/mol. The number of hydrogen-bond acceptors (Lipinski definition) is 5. The molecule has 100 valence electrons. The number of rotatable bonds is 4. The summed E-state index contributed by atoms with van der Waals surface area (Å²) in [5, 5.41) is 9.69. The van der Waals surface area contributed by atoms with E-state index in [2.05, 4.69) is 14.9 Å². The van der Waals surface area contributed by atoms with E-state index in [1.165, 1.54) is 6.33 Å². The summed E-state index contributed by atoms with van der Waals surface area (Å²) >= 11 is 5.97. The van der Waals surface area contributed by atoms with E-state index in [0.29, 0.717) is 16.6 Å². The molecule has 0 bridgehead atoms. The van der Waals surface area contributed by atoms with Crippen LogP contribution in [0.5, 0.6) is 0 Å². The molecule has 0 aromatic carbocycles. The Bertz CT molecular complexity index is 395. The fourth-order valence-electron chi connectivity index (χ4n) is 2.34. The highest BCUT2D eigenvalue weighted by Gasteiger charge is 2.22. The lowest BCUT2D eigenvalue weighted by Gasteiger charge is -2.33.